The van der Waals surface area contributed by atoms with Gasteiger partial charge in [-0.25, -0.2) is 17.6 Å². The number of aromatic nitrogens is 2. The lowest BCUT2D eigenvalue weighted by atomic mass is 9.98. The highest BCUT2D eigenvalue weighted by atomic mass is 32.2. The molecular formula is C22H21FN2O5S. The van der Waals surface area contributed by atoms with Gasteiger partial charge in [-0.05, 0) is 29.8 Å². The van der Waals surface area contributed by atoms with Crippen LogP contribution in [-0.2, 0) is 21.1 Å². The summed E-state index contributed by atoms with van der Waals surface area (Å²) in [5.74, 6) is -1.20. The molecule has 0 saturated carbocycles. The Labute approximate surface area is 179 Å². The third-order valence-electron chi connectivity index (χ3n) is 4.63. The zero-order valence-corrected chi connectivity index (χ0v) is 18.1. The second-order valence-corrected chi connectivity index (χ2v) is 8.70. The summed E-state index contributed by atoms with van der Waals surface area (Å²) in [6, 6.07) is 10.4. The molecule has 0 aliphatic carbocycles. The summed E-state index contributed by atoms with van der Waals surface area (Å²) in [4.78, 5) is 12.8. The first kappa shape index (κ1) is 22.2. The summed E-state index contributed by atoms with van der Waals surface area (Å²) in [5.41, 5.74) is 1.77. The standard InChI is InChI=1S/C22H21FN2O5S/c1-5-12-25-21(22(26)30-3)19(15-8-11-18(29-2)17(23)13-15)20(24-25)14-6-9-16(10-7-14)31(4,27)28/h5-11,13H,1,12H2,2-4H3. The van der Waals surface area contributed by atoms with Gasteiger partial charge in [0.05, 0.1) is 25.7 Å². The van der Waals surface area contributed by atoms with Gasteiger partial charge in [0.1, 0.15) is 5.69 Å². The molecule has 0 unspecified atom stereocenters. The Bertz CT molecular complexity index is 1250. The van der Waals surface area contributed by atoms with Gasteiger partial charge in [0.2, 0.25) is 0 Å². The number of esters is 1. The molecule has 2 aromatic carbocycles. The van der Waals surface area contributed by atoms with Crippen molar-refractivity contribution in [2.24, 2.45) is 0 Å². The second kappa shape index (κ2) is 8.73. The number of carbonyl (C=O) groups excluding carboxylic acids is 1. The number of hydrogen-bond acceptors (Lipinski definition) is 6. The van der Waals surface area contributed by atoms with Crippen LogP contribution in [0.3, 0.4) is 0 Å². The highest BCUT2D eigenvalue weighted by Gasteiger charge is 2.27. The summed E-state index contributed by atoms with van der Waals surface area (Å²) < 4.78 is 49.4. The van der Waals surface area contributed by atoms with Gasteiger partial charge in [0, 0.05) is 17.4 Å². The van der Waals surface area contributed by atoms with Crippen molar-refractivity contribution in [2.75, 3.05) is 20.5 Å². The number of rotatable bonds is 7. The van der Waals surface area contributed by atoms with E-state index in [4.69, 9.17) is 9.47 Å². The number of nitrogens with zero attached hydrogens (tertiary/aromatic N) is 2. The van der Waals surface area contributed by atoms with Gasteiger partial charge in [0.25, 0.3) is 0 Å². The number of hydrogen-bond donors (Lipinski definition) is 0. The molecule has 1 heterocycles. The highest BCUT2D eigenvalue weighted by molar-refractivity contribution is 7.90. The molecule has 3 aromatic rings. The van der Waals surface area contributed by atoms with Crippen LogP contribution in [0.2, 0.25) is 0 Å². The van der Waals surface area contributed by atoms with Crippen LogP contribution in [0.1, 0.15) is 10.5 Å². The third-order valence-corrected chi connectivity index (χ3v) is 5.76. The molecular weight excluding hydrogens is 423 g/mol. The number of allylic oxidation sites excluding steroid dienone is 1. The Morgan fingerprint density at radius 2 is 1.81 bits per heavy atom. The van der Waals surface area contributed by atoms with Gasteiger partial charge in [-0.15, -0.1) is 6.58 Å². The Balaban J connectivity index is 2.31. The normalized spacial score (nSPS) is 11.2. The van der Waals surface area contributed by atoms with Crippen molar-refractivity contribution in [3.8, 4) is 28.1 Å². The summed E-state index contributed by atoms with van der Waals surface area (Å²) in [6.45, 7) is 3.89. The predicted molar refractivity (Wildman–Crippen MR) is 114 cm³/mol. The molecule has 0 spiro atoms. The first-order chi connectivity index (χ1) is 14.7. The molecule has 0 amide bonds. The van der Waals surface area contributed by atoms with Gasteiger partial charge < -0.3 is 9.47 Å². The molecule has 0 N–H and O–H groups in total. The number of methoxy groups -OCH3 is 2. The number of benzene rings is 2. The summed E-state index contributed by atoms with van der Waals surface area (Å²) in [7, 11) is -0.784. The average molecular weight is 444 g/mol. The molecule has 0 aliphatic rings. The van der Waals surface area contributed by atoms with Crippen molar-refractivity contribution in [3.05, 3.63) is 66.6 Å². The molecule has 0 fully saturated rings. The summed E-state index contributed by atoms with van der Waals surface area (Å²) >= 11 is 0. The van der Waals surface area contributed by atoms with E-state index < -0.39 is 21.6 Å². The van der Waals surface area contributed by atoms with Crippen LogP contribution >= 0.6 is 0 Å². The Hall–Kier alpha value is -3.46. The Kier molecular flexibility index (Phi) is 6.26. The fraction of sp³-hybridized carbons (Fsp3) is 0.182. The largest absolute Gasteiger partial charge is 0.494 e. The van der Waals surface area contributed by atoms with E-state index in [0.29, 0.717) is 22.4 Å². The van der Waals surface area contributed by atoms with Crippen molar-refractivity contribution >= 4 is 15.8 Å². The lowest BCUT2D eigenvalue weighted by Gasteiger charge is -2.09. The van der Waals surface area contributed by atoms with Gasteiger partial charge in [-0.1, -0.05) is 24.3 Å². The summed E-state index contributed by atoms with van der Waals surface area (Å²) in [5, 5.41) is 4.52. The average Bonchev–Trinajstić information content (AvgIpc) is 3.12. The van der Waals surface area contributed by atoms with E-state index in [9.17, 15) is 17.6 Å². The van der Waals surface area contributed by atoms with Crippen molar-refractivity contribution in [3.63, 3.8) is 0 Å². The van der Waals surface area contributed by atoms with Crippen LogP contribution in [0.4, 0.5) is 4.39 Å². The number of halogens is 1. The molecule has 1 aromatic heterocycles. The fourth-order valence-corrected chi connectivity index (χ4v) is 3.81. The molecule has 162 valence electrons. The van der Waals surface area contributed by atoms with E-state index in [1.165, 1.54) is 43.2 Å². The molecule has 0 bridgehead atoms. The maximum atomic E-state index is 14.5. The van der Waals surface area contributed by atoms with E-state index in [0.717, 1.165) is 6.26 Å². The van der Waals surface area contributed by atoms with E-state index in [2.05, 4.69) is 11.7 Å². The first-order valence-corrected chi connectivity index (χ1v) is 11.0. The molecule has 0 saturated heterocycles. The first-order valence-electron chi connectivity index (χ1n) is 9.15. The van der Waals surface area contributed by atoms with Gasteiger partial charge in [0.15, 0.2) is 27.1 Å². The topological polar surface area (TPSA) is 87.5 Å². The smallest absolute Gasteiger partial charge is 0.357 e. The molecule has 0 atom stereocenters. The monoisotopic (exact) mass is 444 g/mol. The van der Waals surface area contributed by atoms with Gasteiger partial charge >= 0.3 is 5.97 Å². The summed E-state index contributed by atoms with van der Waals surface area (Å²) in [6.07, 6.45) is 2.68. The predicted octanol–water partition coefficient (Wildman–Crippen LogP) is 3.74. The molecule has 0 aliphatic heterocycles. The third kappa shape index (κ3) is 4.36. The van der Waals surface area contributed by atoms with Crippen LogP contribution in [-0.4, -0.2) is 44.6 Å². The minimum absolute atomic E-state index is 0.0564. The lowest BCUT2D eigenvalue weighted by Crippen LogP contribution is -2.12. The van der Waals surface area contributed by atoms with Crippen LogP contribution < -0.4 is 4.74 Å². The molecule has 31 heavy (non-hydrogen) atoms. The van der Waals surface area contributed by atoms with Crippen LogP contribution in [0.15, 0.2) is 60.0 Å². The maximum Gasteiger partial charge on any atom is 0.357 e. The number of carbonyl (C=O) groups is 1. The minimum Gasteiger partial charge on any atom is -0.494 e. The minimum atomic E-state index is -3.38. The lowest BCUT2D eigenvalue weighted by molar-refractivity contribution is 0.0588. The molecule has 9 heteroatoms. The van der Waals surface area contributed by atoms with Crippen LogP contribution in [0, 0.1) is 5.82 Å². The van der Waals surface area contributed by atoms with Crippen LogP contribution in [0.5, 0.6) is 5.75 Å². The van der Waals surface area contributed by atoms with Gasteiger partial charge in [-0.2, -0.15) is 5.10 Å². The SMILES string of the molecule is C=CCn1nc(-c2ccc(S(C)(=O)=O)cc2)c(-c2ccc(OC)c(F)c2)c1C(=O)OC. The molecule has 0 radical (unpaired) electrons. The number of ether oxygens (including phenoxy) is 2. The zero-order valence-electron chi connectivity index (χ0n) is 17.3. The van der Waals surface area contributed by atoms with E-state index in [-0.39, 0.29) is 22.9 Å². The van der Waals surface area contributed by atoms with Crippen molar-refractivity contribution < 1.29 is 27.1 Å². The zero-order chi connectivity index (χ0) is 22.8. The second-order valence-electron chi connectivity index (χ2n) is 6.68. The molecule has 3 rings (SSSR count). The highest BCUT2D eigenvalue weighted by Crippen LogP contribution is 2.37. The van der Waals surface area contributed by atoms with Crippen molar-refractivity contribution in [1.82, 2.24) is 9.78 Å². The Morgan fingerprint density at radius 3 is 2.32 bits per heavy atom. The quantitative estimate of drug-likeness (QED) is 0.408. The maximum absolute atomic E-state index is 14.5. The van der Waals surface area contributed by atoms with E-state index in [1.54, 1.807) is 24.3 Å². The van der Waals surface area contributed by atoms with Crippen LogP contribution in [0.25, 0.3) is 22.4 Å². The fourth-order valence-electron chi connectivity index (χ4n) is 3.18. The Morgan fingerprint density at radius 1 is 1.16 bits per heavy atom. The van der Waals surface area contributed by atoms with E-state index in [1.807, 2.05) is 0 Å². The van der Waals surface area contributed by atoms with Crippen molar-refractivity contribution in [1.29, 1.82) is 0 Å². The number of sulfone groups is 1. The molecule has 7 nitrogen and oxygen atoms in total. The van der Waals surface area contributed by atoms with E-state index >= 15 is 0 Å². The van der Waals surface area contributed by atoms with Gasteiger partial charge in [-0.3, -0.25) is 4.68 Å². The van der Waals surface area contributed by atoms with Crippen molar-refractivity contribution in [2.45, 2.75) is 11.4 Å².